The second kappa shape index (κ2) is 4.97. The highest BCUT2D eigenvalue weighted by molar-refractivity contribution is 5.84. The first kappa shape index (κ1) is 10.2. The van der Waals surface area contributed by atoms with Crippen LogP contribution in [-0.2, 0) is 4.79 Å². The van der Waals surface area contributed by atoms with Crippen LogP contribution in [0.2, 0.25) is 0 Å². The molecule has 1 aromatic rings. The first-order chi connectivity index (χ1) is 6.70. The summed E-state index contributed by atoms with van der Waals surface area (Å²) in [5.74, 6) is -2.72. The second-order valence-corrected chi connectivity index (χ2v) is 2.59. The van der Waals surface area contributed by atoms with Crippen molar-refractivity contribution in [1.29, 1.82) is 0 Å². The van der Waals surface area contributed by atoms with E-state index in [2.05, 4.69) is 0 Å². The summed E-state index contributed by atoms with van der Waals surface area (Å²) in [4.78, 5) is 10.1. The van der Waals surface area contributed by atoms with Crippen molar-refractivity contribution in [2.45, 2.75) is 0 Å². The van der Waals surface area contributed by atoms with Crippen LogP contribution in [0.15, 0.2) is 48.3 Å². The van der Waals surface area contributed by atoms with Gasteiger partial charge in [-0.3, -0.25) is 0 Å². The van der Waals surface area contributed by atoms with Crippen molar-refractivity contribution < 1.29 is 14.3 Å². The average molecular weight is 192 g/mol. The van der Waals surface area contributed by atoms with Crippen LogP contribution in [0, 0.1) is 0 Å². The molecule has 0 amide bonds. The Kier molecular flexibility index (Phi) is 3.61. The Hall–Kier alpha value is -1.90. The third-order valence-electron chi connectivity index (χ3n) is 1.54. The van der Waals surface area contributed by atoms with Crippen molar-refractivity contribution in [2.75, 3.05) is 0 Å². The number of hydrogen-bond donors (Lipinski definition) is 1. The predicted molar refractivity (Wildman–Crippen MR) is 52.3 cm³/mol. The number of halogens is 1. The molecule has 0 heterocycles. The summed E-state index contributed by atoms with van der Waals surface area (Å²) in [6, 6.07) is 9.23. The van der Waals surface area contributed by atoms with Crippen molar-refractivity contribution in [1.82, 2.24) is 0 Å². The summed E-state index contributed by atoms with van der Waals surface area (Å²) in [5, 5.41) is 8.20. The molecular formula is C11H9FO2. The van der Waals surface area contributed by atoms with Crippen LogP contribution in [0.25, 0.3) is 6.08 Å². The summed E-state index contributed by atoms with van der Waals surface area (Å²) in [5.41, 5.74) is 0.891. The van der Waals surface area contributed by atoms with Crippen LogP contribution in [0.3, 0.4) is 0 Å². The number of carboxylic acid groups (broad SMARTS) is 1. The van der Waals surface area contributed by atoms with E-state index in [0.717, 1.165) is 11.6 Å². The van der Waals surface area contributed by atoms with Crippen molar-refractivity contribution in [3.8, 4) is 0 Å². The van der Waals surface area contributed by atoms with Crippen LogP contribution >= 0.6 is 0 Å². The first-order valence-corrected chi connectivity index (χ1v) is 4.02. The third-order valence-corrected chi connectivity index (χ3v) is 1.54. The zero-order valence-corrected chi connectivity index (χ0v) is 7.35. The molecule has 0 aliphatic rings. The molecule has 0 spiro atoms. The summed E-state index contributed by atoms with van der Waals surface area (Å²) >= 11 is 0. The fourth-order valence-corrected chi connectivity index (χ4v) is 0.879. The first-order valence-electron chi connectivity index (χ1n) is 4.02. The normalized spacial score (nSPS) is 11.9. The lowest BCUT2D eigenvalue weighted by molar-refractivity contribution is -0.134. The number of carboxylic acids is 1. The lowest BCUT2D eigenvalue weighted by atomic mass is 10.2. The highest BCUT2D eigenvalue weighted by Gasteiger charge is 2.01. The molecule has 0 radical (unpaired) electrons. The minimum Gasteiger partial charge on any atom is -0.476 e. The Morgan fingerprint density at radius 1 is 1.29 bits per heavy atom. The number of hydrogen-bond acceptors (Lipinski definition) is 1. The van der Waals surface area contributed by atoms with E-state index in [1.807, 2.05) is 30.3 Å². The maximum Gasteiger partial charge on any atom is 0.364 e. The van der Waals surface area contributed by atoms with Gasteiger partial charge in [0.1, 0.15) is 0 Å². The molecule has 0 aliphatic heterocycles. The molecule has 0 bridgehead atoms. The van der Waals surface area contributed by atoms with E-state index in [1.165, 1.54) is 6.08 Å². The van der Waals surface area contributed by atoms with Crippen LogP contribution in [0.4, 0.5) is 4.39 Å². The maximum atomic E-state index is 12.4. The molecule has 1 N–H and O–H groups in total. The molecule has 0 saturated heterocycles. The van der Waals surface area contributed by atoms with E-state index in [-0.39, 0.29) is 0 Å². The van der Waals surface area contributed by atoms with Gasteiger partial charge in [-0.25, -0.2) is 4.79 Å². The van der Waals surface area contributed by atoms with Crippen molar-refractivity contribution in [3.05, 3.63) is 53.9 Å². The number of carbonyl (C=O) groups is 1. The zero-order chi connectivity index (χ0) is 10.4. The topological polar surface area (TPSA) is 37.3 Å². The van der Waals surface area contributed by atoms with Gasteiger partial charge in [0.15, 0.2) is 0 Å². The van der Waals surface area contributed by atoms with E-state index in [9.17, 15) is 9.18 Å². The number of aliphatic carboxylic acids is 1. The summed E-state index contributed by atoms with van der Waals surface area (Å²) in [6.45, 7) is 0. The molecule has 1 aromatic carbocycles. The van der Waals surface area contributed by atoms with Crippen molar-refractivity contribution in [3.63, 3.8) is 0 Å². The minimum atomic E-state index is -1.55. The lowest BCUT2D eigenvalue weighted by Gasteiger charge is -1.88. The monoisotopic (exact) mass is 192 g/mol. The fourth-order valence-electron chi connectivity index (χ4n) is 0.879. The van der Waals surface area contributed by atoms with Gasteiger partial charge in [0.25, 0.3) is 0 Å². The molecule has 1 rings (SSSR count). The van der Waals surface area contributed by atoms with E-state index >= 15 is 0 Å². The Morgan fingerprint density at radius 2 is 1.93 bits per heavy atom. The van der Waals surface area contributed by atoms with Gasteiger partial charge in [-0.2, -0.15) is 4.39 Å². The van der Waals surface area contributed by atoms with Crippen LogP contribution in [0.5, 0.6) is 0 Å². The van der Waals surface area contributed by atoms with Gasteiger partial charge in [-0.15, -0.1) is 0 Å². The van der Waals surface area contributed by atoms with Gasteiger partial charge in [0, 0.05) is 0 Å². The van der Waals surface area contributed by atoms with Gasteiger partial charge in [0.2, 0.25) is 5.83 Å². The van der Waals surface area contributed by atoms with E-state index in [0.29, 0.717) is 0 Å². The molecule has 3 heteroatoms. The fraction of sp³-hybridized carbons (Fsp3) is 0. The van der Waals surface area contributed by atoms with E-state index in [1.54, 1.807) is 6.08 Å². The van der Waals surface area contributed by atoms with E-state index in [4.69, 9.17) is 5.11 Å². The van der Waals surface area contributed by atoms with Gasteiger partial charge >= 0.3 is 5.97 Å². The second-order valence-electron chi connectivity index (χ2n) is 2.59. The van der Waals surface area contributed by atoms with Crippen LogP contribution in [0.1, 0.15) is 5.56 Å². The maximum absolute atomic E-state index is 12.4. The SMILES string of the molecule is O=C(O)/C(F)=C\C=C\c1ccccc1. The third kappa shape index (κ3) is 3.23. The van der Waals surface area contributed by atoms with Gasteiger partial charge in [-0.1, -0.05) is 42.5 Å². The molecule has 2 nitrogen and oxygen atoms in total. The Morgan fingerprint density at radius 3 is 2.50 bits per heavy atom. The largest absolute Gasteiger partial charge is 0.476 e. The van der Waals surface area contributed by atoms with E-state index < -0.39 is 11.8 Å². The highest BCUT2D eigenvalue weighted by Crippen LogP contribution is 2.02. The Labute approximate surface area is 81.0 Å². The number of allylic oxidation sites excluding steroid dienone is 2. The smallest absolute Gasteiger partial charge is 0.364 e. The van der Waals surface area contributed by atoms with Gasteiger partial charge < -0.3 is 5.11 Å². The number of rotatable bonds is 3. The van der Waals surface area contributed by atoms with Crippen LogP contribution in [-0.4, -0.2) is 11.1 Å². The number of benzene rings is 1. The summed E-state index contributed by atoms with van der Waals surface area (Å²) in [6.07, 6.45) is 3.90. The molecule has 0 aliphatic carbocycles. The molecule has 0 unspecified atom stereocenters. The average Bonchev–Trinajstić information content (AvgIpc) is 2.19. The predicted octanol–water partition coefficient (Wildman–Crippen LogP) is 2.64. The Balaban J connectivity index is 2.66. The van der Waals surface area contributed by atoms with Crippen molar-refractivity contribution >= 4 is 12.0 Å². The van der Waals surface area contributed by atoms with Gasteiger partial charge in [-0.05, 0) is 11.6 Å². The van der Waals surface area contributed by atoms with Gasteiger partial charge in [0.05, 0.1) is 0 Å². The molecule has 0 fully saturated rings. The minimum absolute atomic E-state index is 0.891. The molecule has 0 atom stereocenters. The lowest BCUT2D eigenvalue weighted by Crippen LogP contribution is -1.93. The van der Waals surface area contributed by atoms with Crippen LogP contribution < -0.4 is 0 Å². The standard InChI is InChI=1S/C11H9FO2/c12-10(11(13)14)8-4-7-9-5-2-1-3-6-9/h1-8H,(H,13,14)/b7-4+,10-8+. The van der Waals surface area contributed by atoms with Crippen molar-refractivity contribution in [2.24, 2.45) is 0 Å². The summed E-state index contributed by atoms with van der Waals surface area (Å²) < 4.78 is 12.4. The zero-order valence-electron chi connectivity index (χ0n) is 7.35. The Bertz CT molecular complexity index is 366. The molecule has 0 aromatic heterocycles. The molecule has 14 heavy (non-hydrogen) atoms. The highest BCUT2D eigenvalue weighted by atomic mass is 19.1. The molecular weight excluding hydrogens is 183 g/mol. The quantitative estimate of drug-likeness (QED) is 0.590. The summed E-state index contributed by atoms with van der Waals surface area (Å²) in [7, 11) is 0. The molecule has 0 saturated carbocycles. The molecule has 72 valence electrons.